The van der Waals surface area contributed by atoms with Crippen molar-refractivity contribution in [3.8, 4) is 0 Å². The van der Waals surface area contributed by atoms with Crippen molar-refractivity contribution in [3.05, 3.63) is 34.9 Å². The van der Waals surface area contributed by atoms with Crippen molar-refractivity contribution in [1.29, 1.82) is 0 Å². The Kier molecular flexibility index (Phi) is 4.23. The first-order valence-corrected chi connectivity index (χ1v) is 5.09. The number of hydrogen-bond acceptors (Lipinski definition) is 4. The lowest BCUT2D eigenvalue weighted by molar-refractivity contribution is 0.801. The van der Waals surface area contributed by atoms with E-state index in [4.69, 9.17) is 23.8 Å². The Hall–Kier alpha value is -1.17. The van der Waals surface area contributed by atoms with Gasteiger partial charge in [-0.3, -0.25) is 0 Å². The molecule has 0 unspecified atom stereocenters. The summed E-state index contributed by atoms with van der Waals surface area (Å²) in [5, 5.41) is 4.03. The van der Waals surface area contributed by atoms with E-state index in [1.165, 1.54) is 5.56 Å². The van der Waals surface area contributed by atoms with E-state index < -0.39 is 0 Å². The Balaban J connectivity index is 0.00000128. The summed E-state index contributed by atoms with van der Waals surface area (Å²) in [5.74, 6) is 5.18. The van der Waals surface area contributed by atoms with Crippen molar-refractivity contribution in [3.63, 3.8) is 0 Å². The van der Waals surface area contributed by atoms with Crippen LogP contribution >= 0.6 is 24.6 Å². The molecule has 0 atom stereocenters. The van der Waals surface area contributed by atoms with Gasteiger partial charge in [0.1, 0.15) is 4.99 Å². The highest BCUT2D eigenvalue weighted by molar-refractivity contribution is 7.80. The topological polar surface area (TPSA) is 76.4 Å². The molecular weight excluding hydrogens is 244 g/mol. The molecule has 1 aliphatic carbocycles. The van der Waals surface area contributed by atoms with E-state index in [1.807, 2.05) is 18.2 Å². The molecule has 0 spiro atoms. The molecule has 0 radical (unpaired) electrons. The van der Waals surface area contributed by atoms with E-state index in [-0.39, 0.29) is 12.4 Å². The second-order valence-electron chi connectivity index (χ2n) is 3.38. The fourth-order valence-electron chi connectivity index (χ4n) is 1.93. The zero-order valence-electron chi connectivity index (χ0n) is 8.56. The number of fused-ring (bicyclic) bond motifs is 1. The zero-order chi connectivity index (χ0) is 10.8. The zero-order valence-corrected chi connectivity index (χ0v) is 10.2. The Morgan fingerprint density at radius 1 is 1.38 bits per heavy atom. The van der Waals surface area contributed by atoms with Crippen molar-refractivity contribution < 1.29 is 0 Å². The fourth-order valence-corrected chi connectivity index (χ4v) is 2.12. The molecule has 16 heavy (non-hydrogen) atoms. The molecule has 0 saturated carbocycles. The van der Waals surface area contributed by atoms with Crippen LogP contribution < -0.4 is 17.1 Å². The molecule has 0 amide bonds. The Morgan fingerprint density at radius 2 is 2.12 bits per heavy atom. The molecule has 5 N–H and O–H groups in total. The van der Waals surface area contributed by atoms with E-state index in [0.717, 1.165) is 29.7 Å². The summed E-state index contributed by atoms with van der Waals surface area (Å²) < 4.78 is 0. The summed E-state index contributed by atoms with van der Waals surface area (Å²) in [6.45, 7) is 0. The second kappa shape index (κ2) is 5.25. The minimum Gasteiger partial charge on any atom is -0.389 e. The Morgan fingerprint density at radius 3 is 2.75 bits per heavy atom. The molecule has 1 aliphatic rings. The Labute approximate surface area is 105 Å². The van der Waals surface area contributed by atoms with E-state index in [9.17, 15) is 0 Å². The third kappa shape index (κ3) is 2.16. The highest BCUT2D eigenvalue weighted by Gasteiger charge is 2.21. The molecular formula is C10H13ClN4S. The number of rotatable bonds is 2. The highest BCUT2D eigenvalue weighted by atomic mass is 35.5. The number of hydrazine groups is 1. The quantitative estimate of drug-likeness (QED) is 0.417. The van der Waals surface area contributed by atoms with Crippen LogP contribution in [0.4, 0.5) is 0 Å². The van der Waals surface area contributed by atoms with E-state index in [0.29, 0.717) is 4.99 Å². The van der Waals surface area contributed by atoms with Gasteiger partial charge in [0, 0.05) is 11.1 Å². The standard InChI is InChI=1S/C10H12N4S.ClH/c11-10(15)8-3-1-2-7-6(8)4-5-9(7)13-14-12;/h1-3,14H,4-5,12H2,(H2,11,15);1H. The molecule has 0 bridgehead atoms. The van der Waals surface area contributed by atoms with Crippen LogP contribution in [0.2, 0.25) is 0 Å². The first kappa shape index (κ1) is 12.9. The molecule has 0 aliphatic heterocycles. The molecule has 6 heteroatoms. The maximum Gasteiger partial charge on any atom is 0.104 e. The number of hydrazone groups is 1. The molecule has 1 aromatic carbocycles. The molecule has 4 nitrogen and oxygen atoms in total. The SMILES string of the molecule is Cl.NNN=C1CCc2c(C(N)=S)cccc21. The summed E-state index contributed by atoms with van der Waals surface area (Å²) in [5.41, 5.74) is 12.2. The summed E-state index contributed by atoms with van der Waals surface area (Å²) in [4.78, 5) is 0.439. The van der Waals surface area contributed by atoms with Crippen molar-refractivity contribution in [2.24, 2.45) is 16.7 Å². The van der Waals surface area contributed by atoms with Crippen LogP contribution in [0.25, 0.3) is 0 Å². The first-order chi connectivity index (χ1) is 7.24. The normalized spacial score (nSPS) is 15.4. The lowest BCUT2D eigenvalue weighted by atomic mass is 10.0. The van der Waals surface area contributed by atoms with E-state index >= 15 is 0 Å². The van der Waals surface area contributed by atoms with Crippen LogP contribution in [-0.4, -0.2) is 10.7 Å². The number of benzene rings is 1. The molecule has 1 aromatic rings. The van der Waals surface area contributed by atoms with Gasteiger partial charge in [-0.15, -0.1) is 12.4 Å². The van der Waals surface area contributed by atoms with Crippen LogP contribution in [0.3, 0.4) is 0 Å². The molecule has 0 fully saturated rings. The Bertz CT molecular complexity index is 444. The summed E-state index contributed by atoms with van der Waals surface area (Å²) in [6.07, 6.45) is 1.79. The smallest absolute Gasteiger partial charge is 0.104 e. The fraction of sp³-hybridized carbons (Fsp3) is 0.200. The van der Waals surface area contributed by atoms with Gasteiger partial charge in [-0.1, -0.05) is 30.4 Å². The predicted octanol–water partition coefficient (Wildman–Crippen LogP) is 0.856. The van der Waals surface area contributed by atoms with Crippen LogP contribution in [0.1, 0.15) is 23.1 Å². The van der Waals surface area contributed by atoms with Crippen molar-refractivity contribution in [2.75, 3.05) is 0 Å². The monoisotopic (exact) mass is 256 g/mol. The van der Waals surface area contributed by atoms with Crippen LogP contribution in [0, 0.1) is 0 Å². The van der Waals surface area contributed by atoms with Crippen LogP contribution in [0.5, 0.6) is 0 Å². The lowest BCUT2D eigenvalue weighted by Crippen LogP contribution is -2.17. The third-order valence-corrected chi connectivity index (χ3v) is 2.78. The molecule has 2 rings (SSSR count). The minimum absolute atomic E-state index is 0. The predicted molar refractivity (Wildman–Crippen MR) is 71.8 cm³/mol. The number of nitrogens with two attached hydrogens (primary N) is 2. The molecule has 0 heterocycles. The minimum atomic E-state index is 0. The van der Waals surface area contributed by atoms with Crippen molar-refractivity contribution in [2.45, 2.75) is 12.8 Å². The molecule has 0 saturated heterocycles. The van der Waals surface area contributed by atoms with Gasteiger partial charge in [-0.25, -0.2) is 11.4 Å². The van der Waals surface area contributed by atoms with Gasteiger partial charge >= 0.3 is 0 Å². The largest absolute Gasteiger partial charge is 0.389 e. The molecule has 86 valence electrons. The first-order valence-electron chi connectivity index (χ1n) is 4.68. The van der Waals surface area contributed by atoms with Gasteiger partial charge in [-0.05, 0) is 18.4 Å². The lowest BCUT2D eigenvalue weighted by Gasteiger charge is -2.05. The number of hydrogen-bond donors (Lipinski definition) is 3. The van der Waals surface area contributed by atoms with Gasteiger partial charge in [0.15, 0.2) is 0 Å². The highest BCUT2D eigenvalue weighted by Crippen LogP contribution is 2.25. The second-order valence-corrected chi connectivity index (χ2v) is 3.82. The van der Waals surface area contributed by atoms with Crippen LogP contribution in [0.15, 0.2) is 23.3 Å². The van der Waals surface area contributed by atoms with E-state index in [1.54, 1.807) is 0 Å². The number of thiocarbonyl (C=S) groups is 1. The number of nitrogens with one attached hydrogen (secondary N) is 1. The van der Waals surface area contributed by atoms with Gasteiger partial charge < -0.3 is 5.73 Å². The van der Waals surface area contributed by atoms with Gasteiger partial charge in [-0.2, -0.15) is 5.10 Å². The number of halogens is 1. The summed E-state index contributed by atoms with van der Waals surface area (Å²) in [7, 11) is 0. The van der Waals surface area contributed by atoms with Gasteiger partial charge in [0.25, 0.3) is 0 Å². The van der Waals surface area contributed by atoms with Crippen LogP contribution in [-0.2, 0) is 6.42 Å². The average molecular weight is 257 g/mol. The van der Waals surface area contributed by atoms with Gasteiger partial charge in [0.2, 0.25) is 0 Å². The maximum atomic E-state index is 5.66. The summed E-state index contributed by atoms with van der Waals surface area (Å²) in [6, 6.07) is 5.89. The average Bonchev–Trinajstić information content (AvgIpc) is 2.62. The molecule has 0 aromatic heterocycles. The van der Waals surface area contributed by atoms with Crippen molar-refractivity contribution >= 4 is 35.3 Å². The van der Waals surface area contributed by atoms with Crippen molar-refractivity contribution in [1.82, 2.24) is 5.53 Å². The maximum absolute atomic E-state index is 5.66. The number of nitrogens with zero attached hydrogens (tertiary/aromatic N) is 1. The van der Waals surface area contributed by atoms with E-state index in [2.05, 4.69) is 10.6 Å². The summed E-state index contributed by atoms with van der Waals surface area (Å²) >= 11 is 5.00. The van der Waals surface area contributed by atoms with Gasteiger partial charge in [0.05, 0.1) is 5.71 Å². The third-order valence-electron chi connectivity index (χ3n) is 2.56.